The van der Waals surface area contributed by atoms with E-state index in [1.54, 1.807) is 11.6 Å². The van der Waals surface area contributed by atoms with Crippen molar-refractivity contribution in [3.63, 3.8) is 0 Å². The van der Waals surface area contributed by atoms with Crippen molar-refractivity contribution < 1.29 is 14.7 Å². The van der Waals surface area contributed by atoms with Crippen molar-refractivity contribution >= 4 is 28.3 Å². The summed E-state index contributed by atoms with van der Waals surface area (Å²) in [4.78, 5) is 26.9. The van der Waals surface area contributed by atoms with Crippen LogP contribution in [0, 0.1) is 11.8 Å². The van der Waals surface area contributed by atoms with Crippen LogP contribution < -0.4 is 5.32 Å². The molecule has 1 aliphatic rings. The molecule has 5 nitrogen and oxygen atoms in total. The summed E-state index contributed by atoms with van der Waals surface area (Å²) in [5, 5.41) is 14.0. The van der Waals surface area contributed by atoms with E-state index in [9.17, 15) is 9.59 Å². The molecule has 0 spiro atoms. The van der Waals surface area contributed by atoms with Crippen LogP contribution in [0.2, 0.25) is 0 Å². The Labute approximate surface area is 102 Å². The van der Waals surface area contributed by atoms with Gasteiger partial charge in [-0.3, -0.25) is 9.59 Å². The molecule has 1 heterocycles. The Morgan fingerprint density at radius 3 is 2.65 bits per heavy atom. The first-order valence-corrected chi connectivity index (χ1v) is 6.14. The summed E-state index contributed by atoms with van der Waals surface area (Å²) < 4.78 is 0. The third kappa shape index (κ3) is 2.71. The van der Waals surface area contributed by atoms with Crippen LogP contribution in [0.15, 0.2) is 23.7 Å². The molecule has 0 aliphatic heterocycles. The number of carboxylic acids is 1. The van der Waals surface area contributed by atoms with Crippen molar-refractivity contribution in [3.05, 3.63) is 23.7 Å². The summed E-state index contributed by atoms with van der Waals surface area (Å²) in [5.41, 5.74) is 0. The molecule has 1 aromatic rings. The summed E-state index contributed by atoms with van der Waals surface area (Å²) in [6.07, 6.45) is 6.13. The van der Waals surface area contributed by atoms with E-state index >= 15 is 0 Å². The summed E-state index contributed by atoms with van der Waals surface area (Å²) >= 11 is 1.32. The molecule has 0 fully saturated rings. The Morgan fingerprint density at radius 2 is 2.06 bits per heavy atom. The molecule has 0 aromatic carbocycles. The number of amides is 1. The number of aromatic nitrogens is 1. The number of carbonyl (C=O) groups excluding carboxylic acids is 1. The van der Waals surface area contributed by atoms with E-state index in [1.807, 2.05) is 12.2 Å². The molecule has 0 saturated heterocycles. The lowest BCUT2D eigenvalue weighted by Gasteiger charge is -2.23. The van der Waals surface area contributed by atoms with Crippen molar-refractivity contribution in [3.8, 4) is 0 Å². The number of thiazole rings is 1. The topological polar surface area (TPSA) is 79.3 Å². The standard InChI is InChI=1S/C11H12N2O3S/c14-9(13-11-12-5-6-17-11)7-3-1-2-4-8(7)10(15)16/h1-2,5-8H,3-4H2,(H,15,16)(H,12,13,14)/t7-,8-/m1/s1. The first-order chi connectivity index (χ1) is 8.18. The third-order valence-electron chi connectivity index (χ3n) is 2.75. The molecule has 6 heteroatoms. The van der Waals surface area contributed by atoms with Gasteiger partial charge in [0.15, 0.2) is 5.13 Å². The maximum atomic E-state index is 11.9. The van der Waals surface area contributed by atoms with Crippen molar-refractivity contribution in [2.24, 2.45) is 11.8 Å². The second kappa shape index (κ2) is 5.09. The van der Waals surface area contributed by atoms with Crippen LogP contribution in [0.3, 0.4) is 0 Å². The zero-order chi connectivity index (χ0) is 12.3. The van der Waals surface area contributed by atoms with E-state index in [4.69, 9.17) is 5.11 Å². The number of rotatable bonds is 3. The number of carbonyl (C=O) groups is 2. The number of hydrogen-bond donors (Lipinski definition) is 2. The fourth-order valence-corrected chi connectivity index (χ4v) is 2.39. The zero-order valence-electron chi connectivity index (χ0n) is 9.00. The van der Waals surface area contributed by atoms with Gasteiger partial charge in [-0.1, -0.05) is 12.2 Å². The normalized spacial score (nSPS) is 23.3. The number of nitrogens with zero attached hydrogens (tertiary/aromatic N) is 1. The number of anilines is 1. The van der Waals surface area contributed by atoms with Crippen molar-refractivity contribution in [1.29, 1.82) is 0 Å². The lowest BCUT2D eigenvalue weighted by molar-refractivity contribution is -0.146. The van der Waals surface area contributed by atoms with Gasteiger partial charge in [0.1, 0.15) is 0 Å². The van der Waals surface area contributed by atoms with E-state index in [-0.39, 0.29) is 5.91 Å². The summed E-state index contributed by atoms with van der Waals surface area (Å²) in [5.74, 6) is -2.34. The van der Waals surface area contributed by atoms with Gasteiger partial charge in [0.2, 0.25) is 5.91 Å². The monoisotopic (exact) mass is 252 g/mol. The maximum Gasteiger partial charge on any atom is 0.307 e. The predicted molar refractivity (Wildman–Crippen MR) is 63.7 cm³/mol. The Balaban J connectivity index is 2.07. The Bertz CT molecular complexity index is 442. The number of allylic oxidation sites excluding steroid dienone is 2. The highest BCUT2D eigenvalue weighted by atomic mass is 32.1. The first kappa shape index (κ1) is 11.8. The molecule has 0 unspecified atom stereocenters. The van der Waals surface area contributed by atoms with Gasteiger partial charge >= 0.3 is 5.97 Å². The molecule has 90 valence electrons. The van der Waals surface area contributed by atoms with Gasteiger partial charge in [-0.25, -0.2) is 4.98 Å². The molecule has 0 radical (unpaired) electrons. The minimum atomic E-state index is -0.923. The van der Waals surface area contributed by atoms with E-state index in [0.717, 1.165) is 0 Å². The average Bonchev–Trinajstić information content (AvgIpc) is 2.81. The van der Waals surface area contributed by atoms with Crippen LogP contribution in [0.4, 0.5) is 5.13 Å². The summed E-state index contributed by atoms with van der Waals surface area (Å²) in [7, 11) is 0. The van der Waals surface area contributed by atoms with Gasteiger partial charge < -0.3 is 10.4 Å². The van der Waals surface area contributed by atoms with Gasteiger partial charge in [-0.2, -0.15) is 0 Å². The minimum absolute atomic E-state index is 0.267. The lowest BCUT2D eigenvalue weighted by atomic mass is 9.82. The van der Waals surface area contributed by atoms with Gasteiger partial charge in [0.25, 0.3) is 0 Å². The molecule has 2 rings (SSSR count). The van der Waals surface area contributed by atoms with E-state index in [0.29, 0.717) is 18.0 Å². The largest absolute Gasteiger partial charge is 0.481 e. The van der Waals surface area contributed by atoms with Gasteiger partial charge in [0, 0.05) is 11.6 Å². The molecule has 1 aromatic heterocycles. The van der Waals surface area contributed by atoms with Crippen LogP contribution >= 0.6 is 11.3 Å². The number of hydrogen-bond acceptors (Lipinski definition) is 4. The van der Waals surface area contributed by atoms with Crippen molar-refractivity contribution in [2.75, 3.05) is 5.32 Å². The fourth-order valence-electron chi connectivity index (χ4n) is 1.86. The SMILES string of the molecule is O=C(O)[C@@H]1CC=CC[C@H]1C(=O)Nc1nccs1. The molecule has 1 aliphatic carbocycles. The second-order valence-electron chi connectivity index (χ2n) is 3.82. The molecule has 2 N–H and O–H groups in total. The summed E-state index contributed by atoms with van der Waals surface area (Å²) in [6, 6.07) is 0. The number of nitrogens with one attached hydrogen (secondary N) is 1. The highest BCUT2D eigenvalue weighted by Gasteiger charge is 2.34. The first-order valence-electron chi connectivity index (χ1n) is 5.26. The van der Waals surface area contributed by atoms with E-state index < -0.39 is 17.8 Å². The smallest absolute Gasteiger partial charge is 0.307 e. The molecule has 1 amide bonds. The van der Waals surface area contributed by atoms with Crippen LogP contribution in [-0.2, 0) is 9.59 Å². The summed E-state index contributed by atoms with van der Waals surface area (Å²) in [6.45, 7) is 0. The second-order valence-corrected chi connectivity index (χ2v) is 4.72. The van der Waals surface area contributed by atoms with Crippen LogP contribution in [0.1, 0.15) is 12.8 Å². The Kier molecular flexibility index (Phi) is 3.53. The third-order valence-corrected chi connectivity index (χ3v) is 3.44. The Morgan fingerprint density at radius 1 is 1.35 bits per heavy atom. The van der Waals surface area contributed by atoms with E-state index in [1.165, 1.54) is 11.3 Å². The van der Waals surface area contributed by atoms with Crippen LogP contribution in [-0.4, -0.2) is 22.0 Å². The lowest BCUT2D eigenvalue weighted by Crippen LogP contribution is -2.34. The maximum absolute atomic E-state index is 11.9. The van der Waals surface area contributed by atoms with E-state index in [2.05, 4.69) is 10.3 Å². The molecule has 17 heavy (non-hydrogen) atoms. The molecular formula is C11H12N2O3S. The minimum Gasteiger partial charge on any atom is -0.481 e. The predicted octanol–water partition coefficient (Wildman–Crippen LogP) is 1.75. The number of aliphatic carboxylic acids is 1. The fraction of sp³-hybridized carbons (Fsp3) is 0.364. The van der Waals surface area contributed by atoms with Crippen LogP contribution in [0.5, 0.6) is 0 Å². The molecule has 0 saturated carbocycles. The average molecular weight is 252 g/mol. The highest BCUT2D eigenvalue weighted by Crippen LogP contribution is 2.27. The quantitative estimate of drug-likeness (QED) is 0.803. The molecular weight excluding hydrogens is 240 g/mol. The molecule has 2 atom stereocenters. The van der Waals surface area contributed by atoms with Crippen LogP contribution in [0.25, 0.3) is 0 Å². The zero-order valence-corrected chi connectivity index (χ0v) is 9.81. The van der Waals surface area contributed by atoms with Crippen molar-refractivity contribution in [2.45, 2.75) is 12.8 Å². The Hall–Kier alpha value is -1.69. The van der Waals surface area contributed by atoms with Crippen molar-refractivity contribution in [1.82, 2.24) is 4.98 Å². The van der Waals surface area contributed by atoms with Gasteiger partial charge in [-0.05, 0) is 12.8 Å². The number of carboxylic acid groups (broad SMARTS) is 1. The molecule has 0 bridgehead atoms. The van der Waals surface area contributed by atoms with Gasteiger partial charge in [-0.15, -0.1) is 11.3 Å². The highest BCUT2D eigenvalue weighted by molar-refractivity contribution is 7.13. The van der Waals surface area contributed by atoms with Gasteiger partial charge in [0.05, 0.1) is 11.8 Å².